The maximum absolute atomic E-state index is 4.82. The van der Waals surface area contributed by atoms with Crippen LogP contribution in [0, 0.1) is 0 Å². The molecule has 2 atom stereocenters. The number of rotatable bonds is 6. The molecule has 1 aliphatic carbocycles. The fourth-order valence-electron chi connectivity index (χ4n) is 3.30. The fourth-order valence-corrected chi connectivity index (χ4v) is 3.30. The zero-order chi connectivity index (χ0) is 17.1. The summed E-state index contributed by atoms with van der Waals surface area (Å²) < 4.78 is 0. The molecule has 24 heavy (non-hydrogen) atoms. The van der Waals surface area contributed by atoms with Crippen LogP contribution in [0.5, 0.6) is 0 Å². The topological polar surface area (TPSA) is 49.8 Å². The first kappa shape index (κ1) is 16.7. The van der Waals surface area contributed by atoms with E-state index in [0.29, 0.717) is 23.9 Å². The second-order valence-electron chi connectivity index (χ2n) is 7.30. The van der Waals surface area contributed by atoms with Crippen LogP contribution < -0.4 is 10.6 Å². The summed E-state index contributed by atoms with van der Waals surface area (Å²) in [6, 6.07) is 13.6. The lowest BCUT2D eigenvalue weighted by molar-refractivity contribution is 0.340. The Morgan fingerprint density at radius 2 is 1.54 bits per heavy atom. The third-order valence-electron chi connectivity index (χ3n) is 4.48. The van der Waals surface area contributed by atoms with Gasteiger partial charge in [0.05, 0.1) is 5.69 Å². The third kappa shape index (κ3) is 3.86. The van der Waals surface area contributed by atoms with Crippen molar-refractivity contribution >= 4 is 11.8 Å². The number of hydrogen-bond acceptors (Lipinski definition) is 4. The van der Waals surface area contributed by atoms with Crippen molar-refractivity contribution in [3.63, 3.8) is 0 Å². The number of nitrogens with one attached hydrogen (secondary N) is 2. The monoisotopic (exact) mass is 324 g/mol. The molecule has 1 heterocycles. The van der Waals surface area contributed by atoms with Crippen molar-refractivity contribution in [2.45, 2.75) is 64.5 Å². The highest BCUT2D eigenvalue weighted by Crippen LogP contribution is 2.48. The van der Waals surface area contributed by atoms with Crippen LogP contribution in [-0.4, -0.2) is 22.1 Å². The van der Waals surface area contributed by atoms with E-state index in [4.69, 9.17) is 4.98 Å². The second-order valence-corrected chi connectivity index (χ2v) is 7.30. The highest BCUT2D eigenvalue weighted by Gasteiger charge is 2.34. The molecule has 4 nitrogen and oxygen atoms in total. The Hall–Kier alpha value is -2.10. The van der Waals surface area contributed by atoms with Crippen molar-refractivity contribution in [2.75, 3.05) is 10.6 Å². The van der Waals surface area contributed by atoms with Crippen molar-refractivity contribution in [1.29, 1.82) is 0 Å². The van der Waals surface area contributed by atoms with E-state index in [1.165, 1.54) is 18.4 Å². The van der Waals surface area contributed by atoms with E-state index < -0.39 is 0 Å². The molecule has 0 spiro atoms. The Morgan fingerprint density at radius 1 is 0.875 bits per heavy atom. The van der Waals surface area contributed by atoms with Gasteiger partial charge in [-0.1, -0.05) is 30.3 Å². The van der Waals surface area contributed by atoms with Gasteiger partial charge in [0.15, 0.2) is 0 Å². The van der Waals surface area contributed by atoms with Gasteiger partial charge in [-0.15, -0.1) is 0 Å². The molecule has 4 heteroatoms. The van der Waals surface area contributed by atoms with E-state index in [-0.39, 0.29) is 0 Å². The van der Waals surface area contributed by atoms with Crippen LogP contribution in [0.25, 0.3) is 0 Å². The summed E-state index contributed by atoms with van der Waals surface area (Å²) in [4.78, 5) is 9.44. The van der Waals surface area contributed by atoms with Crippen LogP contribution in [0.4, 0.5) is 11.8 Å². The van der Waals surface area contributed by atoms with E-state index in [1.54, 1.807) is 0 Å². The lowest BCUT2D eigenvalue weighted by atomic mass is 9.68. The Kier molecular flexibility index (Phi) is 5.03. The highest BCUT2D eigenvalue weighted by molar-refractivity contribution is 5.45. The molecule has 128 valence electrons. The summed E-state index contributed by atoms with van der Waals surface area (Å²) in [7, 11) is 0. The lowest BCUT2D eigenvalue weighted by Crippen LogP contribution is -2.24. The molecular formula is C20H28N4. The van der Waals surface area contributed by atoms with Crippen molar-refractivity contribution in [2.24, 2.45) is 0 Å². The smallest absolute Gasteiger partial charge is 0.225 e. The summed E-state index contributed by atoms with van der Waals surface area (Å²) in [5.41, 5.74) is 2.57. The minimum absolute atomic E-state index is 0.318. The Bertz CT molecular complexity index is 638. The van der Waals surface area contributed by atoms with Gasteiger partial charge in [0.2, 0.25) is 5.95 Å². The average Bonchev–Trinajstić information content (AvgIpc) is 2.45. The van der Waals surface area contributed by atoms with Gasteiger partial charge in [0, 0.05) is 24.1 Å². The largest absolute Gasteiger partial charge is 0.368 e. The Morgan fingerprint density at radius 3 is 2.12 bits per heavy atom. The van der Waals surface area contributed by atoms with E-state index in [9.17, 15) is 0 Å². The fraction of sp³-hybridized carbons (Fsp3) is 0.500. The van der Waals surface area contributed by atoms with Gasteiger partial charge in [-0.05, 0) is 52.0 Å². The van der Waals surface area contributed by atoms with Crippen LogP contribution in [-0.2, 0) is 0 Å². The van der Waals surface area contributed by atoms with Crippen LogP contribution in [0.1, 0.15) is 63.6 Å². The van der Waals surface area contributed by atoms with E-state index in [1.807, 2.05) is 0 Å². The highest BCUT2D eigenvalue weighted by atomic mass is 15.2. The molecule has 3 rings (SSSR count). The molecular weight excluding hydrogens is 296 g/mol. The first-order valence-electron chi connectivity index (χ1n) is 9.00. The predicted octanol–water partition coefficient (Wildman–Crippen LogP) is 4.78. The van der Waals surface area contributed by atoms with Crippen LogP contribution >= 0.6 is 0 Å². The van der Waals surface area contributed by atoms with Gasteiger partial charge in [0.25, 0.3) is 0 Å². The van der Waals surface area contributed by atoms with Crippen LogP contribution in [0.15, 0.2) is 36.4 Å². The van der Waals surface area contributed by atoms with E-state index >= 15 is 0 Å². The van der Waals surface area contributed by atoms with Crippen LogP contribution in [0.3, 0.4) is 0 Å². The molecule has 1 aliphatic rings. The first-order chi connectivity index (χ1) is 11.5. The molecule has 0 saturated heterocycles. The summed E-state index contributed by atoms with van der Waals surface area (Å²) in [5, 5.41) is 6.78. The molecule has 0 bridgehead atoms. The molecule has 0 amide bonds. The molecule has 1 fully saturated rings. The molecule has 1 saturated carbocycles. The number of anilines is 2. The van der Waals surface area contributed by atoms with Gasteiger partial charge >= 0.3 is 0 Å². The molecule has 0 aliphatic heterocycles. The lowest BCUT2D eigenvalue weighted by Gasteiger charge is -2.37. The number of benzene rings is 1. The van der Waals surface area contributed by atoms with Gasteiger partial charge in [-0.2, -0.15) is 4.98 Å². The summed E-state index contributed by atoms with van der Waals surface area (Å²) in [6.07, 6.45) is 2.43. The summed E-state index contributed by atoms with van der Waals surface area (Å²) in [5.74, 6) is 2.69. The molecule has 2 aromatic rings. The van der Waals surface area contributed by atoms with E-state index in [0.717, 1.165) is 17.5 Å². The minimum Gasteiger partial charge on any atom is -0.368 e. The first-order valence-corrected chi connectivity index (χ1v) is 9.00. The van der Waals surface area contributed by atoms with Crippen molar-refractivity contribution in [3.8, 4) is 0 Å². The normalized spacial score (nSPS) is 20.1. The van der Waals surface area contributed by atoms with Crippen molar-refractivity contribution in [1.82, 2.24) is 9.97 Å². The molecule has 0 radical (unpaired) electrons. The minimum atomic E-state index is 0.318. The zero-order valence-electron chi connectivity index (χ0n) is 15.1. The van der Waals surface area contributed by atoms with Gasteiger partial charge < -0.3 is 10.6 Å². The van der Waals surface area contributed by atoms with Crippen molar-refractivity contribution < 1.29 is 0 Å². The number of aromatic nitrogens is 2. The maximum Gasteiger partial charge on any atom is 0.225 e. The summed E-state index contributed by atoms with van der Waals surface area (Å²) in [6.45, 7) is 8.49. The Labute approximate surface area is 145 Å². The average molecular weight is 324 g/mol. The van der Waals surface area contributed by atoms with Gasteiger partial charge in [-0.25, -0.2) is 4.98 Å². The Balaban J connectivity index is 1.88. The maximum atomic E-state index is 4.82. The molecule has 1 unspecified atom stereocenters. The number of nitrogens with zero attached hydrogens (tertiary/aromatic N) is 2. The number of hydrogen-bond donors (Lipinski definition) is 2. The van der Waals surface area contributed by atoms with E-state index in [2.05, 4.69) is 79.7 Å². The molecule has 1 aromatic carbocycles. The molecule has 1 aromatic heterocycles. The predicted molar refractivity (Wildman–Crippen MR) is 101 cm³/mol. The third-order valence-corrected chi connectivity index (χ3v) is 4.48. The second kappa shape index (κ2) is 7.20. The standard InChI is InChI=1S/C20H28N4/c1-13(2)21-19-12-18(23-20(24-19)22-14(3)4)17-11-10-16(17)15-8-6-5-7-9-15/h5-9,12-14,16-17H,10-11H2,1-4H3,(H2,21,22,23,24)/t16?,17-/m0/s1. The van der Waals surface area contributed by atoms with Gasteiger partial charge in [0.1, 0.15) is 5.82 Å². The SMILES string of the molecule is CC(C)Nc1cc([C@H]2CCC2c2ccccc2)nc(NC(C)C)n1. The quantitative estimate of drug-likeness (QED) is 0.803. The van der Waals surface area contributed by atoms with Crippen LogP contribution in [0.2, 0.25) is 0 Å². The summed E-state index contributed by atoms with van der Waals surface area (Å²) >= 11 is 0. The zero-order valence-corrected chi connectivity index (χ0v) is 15.1. The molecule has 2 N–H and O–H groups in total. The van der Waals surface area contributed by atoms with Crippen molar-refractivity contribution in [3.05, 3.63) is 47.7 Å². The van der Waals surface area contributed by atoms with Gasteiger partial charge in [-0.3, -0.25) is 0 Å².